The van der Waals surface area contributed by atoms with E-state index in [-0.39, 0.29) is 5.82 Å². The Morgan fingerprint density at radius 3 is 2.31 bits per heavy atom. The van der Waals surface area contributed by atoms with Crippen molar-refractivity contribution < 1.29 is 17.3 Å². The number of hydrogen-bond acceptors (Lipinski definition) is 6. The van der Waals surface area contributed by atoms with Gasteiger partial charge in [-0.05, 0) is 43.3 Å². The summed E-state index contributed by atoms with van der Waals surface area (Å²) in [5.74, 6) is 0.524. The van der Waals surface area contributed by atoms with Crippen molar-refractivity contribution in [1.82, 2.24) is 19.3 Å². The van der Waals surface area contributed by atoms with Crippen LogP contribution < -0.4 is 0 Å². The van der Waals surface area contributed by atoms with Gasteiger partial charge in [-0.2, -0.15) is 9.29 Å². The topological polar surface area (TPSA) is 79.5 Å². The monoisotopic (exact) mass is 416 g/mol. The number of rotatable bonds is 5. The van der Waals surface area contributed by atoms with Gasteiger partial charge in [-0.3, -0.25) is 4.90 Å². The number of hydrogen-bond donors (Lipinski definition) is 0. The number of aryl methyl sites for hydroxylation is 1. The number of benzene rings is 2. The second kappa shape index (κ2) is 8.02. The number of piperazine rings is 1. The Morgan fingerprint density at radius 1 is 1.00 bits per heavy atom. The third-order valence-corrected chi connectivity index (χ3v) is 6.83. The summed E-state index contributed by atoms with van der Waals surface area (Å²) in [7, 11) is -3.49. The Balaban J connectivity index is 1.37. The lowest BCUT2D eigenvalue weighted by Crippen LogP contribution is -2.48. The fourth-order valence-corrected chi connectivity index (χ4v) is 4.64. The van der Waals surface area contributed by atoms with Gasteiger partial charge in [0.05, 0.1) is 11.4 Å². The molecule has 0 N–H and O–H groups in total. The summed E-state index contributed by atoms with van der Waals surface area (Å²) in [6.45, 7) is 4.30. The van der Waals surface area contributed by atoms with Gasteiger partial charge in [0, 0.05) is 31.7 Å². The predicted molar refractivity (Wildman–Crippen MR) is 105 cm³/mol. The van der Waals surface area contributed by atoms with Crippen molar-refractivity contribution in [2.45, 2.75) is 18.4 Å². The lowest BCUT2D eigenvalue weighted by atomic mass is 10.2. The molecule has 0 spiro atoms. The molecule has 4 rings (SSSR count). The summed E-state index contributed by atoms with van der Waals surface area (Å²) in [4.78, 5) is 6.74. The first-order valence-electron chi connectivity index (χ1n) is 9.29. The van der Waals surface area contributed by atoms with Gasteiger partial charge in [0.25, 0.3) is 0 Å². The average molecular weight is 416 g/mol. The van der Waals surface area contributed by atoms with Crippen LogP contribution >= 0.6 is 0 Å². The summed E-state index contributed by atoms with van der Waals surface area (Å²) in [6.07, 6.45) is 0. The van der Waals surface area contributed by atoms with Gasteiger partial charge in [-0.1, -0.05) is 22.9 Å². The van der Waals surface area contributed by atoms with Gasteiger partial charge in [-0.15, -0.1) is 0 Å². The van der Waals surface area contributed by atoms with Crippen molar-refractivity contribution in [3.63, 3.8) is 0 Å². The lowest BCUT2D eigenvalue weighted by molar-refractivity contribution is 0.163. The van der Waals surface area contributed by atoms with E-state index in [9.17, 15) is 12.8 Å². The third kappa shape index (κ3) is 4.36. The SMILES string of the molecule is Cc1ccc(S(=O)(=O)N2CCN(Cc3nc(-c4ccc(F)cc4)no3)CC2)cc1. The van der Waals surface area contributed by atoms with Crippen molar-refractivity contribution in [2.75, 3.05) is 26.2 Å². The van der Waals surface area contributed by atoms with Gasteiger partial charge in [0.2, 0.25) is 21.7 Å². The van der Waals surface area contributed by atoms with Gasteiger partial charge in [-0.25, -0.2) is 12.8 Å². The van der Waals surface area contributed by atoms with E-state index in [2.05, 4.69) is 15.0 Å². The van der Waals surface area contributed by atoms with Gasteiger partial charge in [0.1, 0.15) is 5.82 Å². The Hall–Kier alpha value is -2.62. The minimum absolute atomic E-state index is 0.317. The number of sulfonamides is 1. The maximum atomic E-state index is 13.0. The molecular formula is C20H21FN4O3S. The van der Waals surface area contributed by atoms with Crippen molar-refractivity contribution in [1.29, 1.82) is 0 Å². The summed E-state index contributed by atoms with van der Waals surface area (Å²) >= 11 is 0. The molecule has 2 heterocycles. The zero-order valence-corrected chi connectivity index (χ0v) is 16.8. The smallest absolute Gasteiger partial charge is 0.243 e. The molecule has 0 aliphatic carbocycles. The highest BCUT2D eigenvalue weighted by Crippen LogP contribution is 2.20. The number of halogens is 1. The normalized spacial score (nSPS) is 16.2. The molecule has 9 heteroatoms. The van der Waals surface area contributed by atoms with Crippen LogP contribution in [0.4, 0.5) is 4.39 Å². The Bertz CT molecular complexity index is 1070. The first-order valence-corrected chi connectivity index (χ1v) is 10.7. The summed E-state index contributed by atoms with van der Waals surface area (Å²) in [5.41, 5.74) is 1.70. The molecule has 0 atom stereocenters. The van der Waals surface area contributed by atoms with Crippen LogP contribution in [0.1, 0.15) is 11.5 Å². The zero-order valence-electron chi connectivity index (χ0n) is 16.0. The molecule has 152 valence electrons. The van der Waals surface area contributed by atoms with Gasteiger partial charge >= 0.3 is 0 Å². The van der Waals surface area contributed by atoms with Crippen LogP contribution in [0.5, 0.6) is 0 Å². The number of nitrogens with zero attached hydrogens (tertiary/aromatic N) is 4. The summed E-state index contributed by atoms with van der Waals surface area (Å²) in [6, 6.07) is 12.8. The van der Waals surface area contributed by atoms with Crippen LogP contribution in [0.15, 0.2) is 57.9 Å². The molecule has 3 aromatic rings. The van der Waals surface area contributed by atoms with E-state index in [1.165, 1.54) is 16.4 Å². The second-order valence-electron chi connectivity index (χ2n) is 7.01. The number of aromatic nitrogens is 2. The highest BCUT2D eigenvalue weighted by Gasteiger charge is 2.29. The van der Waals surface area contributed by atoms with E-state index in [1.807, 2.05) is 6.92 Å². The molecule has 0 radical (unpaired) electrons. The van der Waals surface area contributed by atoms with E-state index in [0.29, 0.717) is 54.9 Å². The van der Waals surface area contributed by atoms with E-state index in [1.54, 1.807) is 36.4 Å². The van der Waals surface area contributed by atoms with Crippen molar-refractivity contribution >= 4 is 10.0 Å². The van der Waals surface area contributed by atoms with Crippen LogP contribution in [0.3, 0.4) is 0 Å². The van der Waals surface area contributed by atoms with Gasteiger partial charge < -0.3 is 4.52 Å². The fraction of sp³-hybridized carbons (Fsp3) is 0.300. The lowest BCUT2D eigenvalue weighted by Gasteiger charge is -2.33. The average Bonchev–Trinajstić information content (AvgIpc) is 3.18. The molecule has 1 fully saturated rings. The minimum Gasteiger partial charge on any atom is -0.338 e. The fourth-order valence-electron chi connectivity index (χ4n) is 3.21. The Morgan fingerprint density at radius 2 is 1.66 bits per heavy atom. The molecule has 0 saturated carbocycles. The van der Waals surface area contributed by atoms with E-state index in [4.69, 9.17) is 4.52 Å². The first-order chi connectivity index (χ1) is 13.9. The predicted octanol–water partition coefficient (Wildman–Crippen LogP) is 2.69. The standard InChI is InChI=1S/C20H21FN4O3S/c1-15-2-8-18(9-3-15)29(26,27)25-12-10-24(11-13-25)14-19-22-20(23-28-19)16-4-6-17(21)7-5-16/h2-9H,10-14H2,1H3. The molecule has 0 bridgehead atoms. The van der Waals surface area contributed by atoms with Crippen molar-refractivity contribution in [2.24, 2.45) is 0 Å². The van der Waals surface area contributed by atoms with Crippen LogP contribution in [0.2, 0.25) is 0 Å². The molecule has 1 aromatic heterocycles. The largest absolute Gasteiger partial charge is 0.338 e. The van der Waals surface area contributed by atoms with Crippen molar-refractivity contribution in [3.8, 4) is 11.4 Å². The molecule has 1 aliphatic heterocycles. The van der Waals surface area contributed by atoms with E-state index in [0.717, 1.165) is 5.56 Å². The first kappa shape index (κ1) is 19.7. The van der Waals surface area contributed by atoms with Crippen LogP contribution in [0, 0.1) is 12.7 Å². The summed E-state index contributed by atoms with van der Waals surface area (Å²) in [5, 5.41) is 3.94. The second-order valence-corrected chi connectivity index (χ2v) is 8.95. The zero-order chi connectivity index (χ0) is 20.4. The van der Waals surface area contributed by atoms with Crippen LogP contribution in [-0.4, -0.2) is 53.9 Å². The molecule has 0 amide bonds. The van der Waals surface area contributed by atoms with Crippen LogP contribution in [-0.2, 0) is 16.6 Å². The Kier molecular flexibility index (Phi) is 5.44. The minimum atomic E-state index is -3.49. The maximum absolute atomic E-state index is 13.0. The van der Waals surface area contributed by atoms with Crippen LogP contribution in [0.25, 0.3) is 11.4 Å². The highest BCUT2D eigenvalue weighted by atomic mass is 32.2. The molecule has 1 aliphatic rings. The van der Waals surface area contributed by atoms with Gasteiger partial charge in [0.15, 0.2) is 0 Å². The quantitative estimate of drug-likeness (QED) is 0.636. The van der Waals surface area contributed by atoms with Crippen molar-refractivity contribution in [3.05, 3.63) is 65.8 Å². The third-order valence-electron chi connectivity index (χ3n) is 4.92. The molecular weight excluding hydrogens is 395 g/mol. The molecule has 29 heavy (non-hydrogen) atoms. The molecule has 7 nitrogen and oxygen atoms in total. The summed E-state index contributed by atoms with van der Waals surface area (Å²) < 4.78 is 45.4. The molecule has 2 aromatic carbocycles. The highest BCUT2D eigenvalue weighted by molar-refractivity contribution is 7.89. The molecule has 1 saturated heterocycles. The molecule has 0 unspecified atom stereocenters. The van der Waals surface area contributed by atoms with E-state index < -0.39 is 10.0 Å². The van der Waals surface area contributed by atoms with E-state index >= 15 is 0 Å². The Labute approximate surface area is 168 Å². The maximum Gasteiger partial charge on any atom is 0.243 e.